The molecule has 1 unspecified atom stereocenters. The molecule has 0 saturated carbocycles. The summed E-state index contributed by atoms with van der Waals surface area (Å²) in [5.41, 5.74) is 0.130. The van der Waals surface area contributed by atoms with E-state index in [0.717, 1.165) is 0 Å². The molecule has 0 aromatic heterocycles. The maximum atomic E-state index is 10.5. The molecular weight excluding hydrogens is 200 g/mol. The molecule has 0 saturated heterocycles. The van der Waals surface area contributed by atoms with Crippen LogP contribution in [-0.4, -0.2) is 28.3 Å². The smallest absolute Gasteiger partial charge is 0.344 e. The molecule has 0 spiro atoms. The molecule has 1 aromatic carbocycles. The van der Waals surface area contributed by atoms with Crippen molar-refractivity contribution in [3.63, 3.8) is 0 Å². The van der Waals surface area contributed by atoms with Gasteiger partial charge in [0.2, 0.25) is 0 Å². The highest BCUT2D eigenvalue weighted by atomic mass is 16.5. The van der Waals surface area contributed by atoms with E-state index in [-0.39, 0.29) is 5.56 Å². The number of aliphatic carboxylic acids is 1. The van der Waals surface area contributed by atoms with E-state index >= 15 is 0 Å². The lowest BCUT2D eigenvalue weighted by Gasteiger charge is -2.09. The molecule has 1 atom stereocenters. The van der Waals surface area contributed by atoms with Crippen LogP contribution in [0.4, 0.5) is 0 Å². The van der Waals surface area contributed by atoms with Crippen LogP contribution in [0, 0.1) is 0 Å². The molecule has 5 heteroatoms. The van der Waals surface area contributed by atoms with Crippen LogP contribution in [0.25, 0.3) is 0 Å². The fourth-order valence-electron chi connectivity index (χ4n) is 0.931. The Morgan fingerprint density at radius 3 is 2.13 bits per heavy atom. The number of hydrogen-bond donors (Lipinski definition) is 2. The van der Waals surface area contributed by atoms with Crippen LogP contribution in [0.2, 0.25) is 0 Å². The average molecular weight is 210 g/mol. The summed E-state index contributed by atoms with van der Waals surface area (Å²) in [5, 5.41) is 17.2. The Balaban J connectivity index is 2.72. The third-order valence-electron chi connectivity index (χ3n) is 1.76. The van der Waals surface area contributed by atoms with Gasteiger partial charge in [0.1, 0.15) is 5.75 Å². The van der Waals surface area contributed by atoms with E-state index in [0.29, 0.717) is 5.75 Å². The van der Waals surface area contributed by atoms with Gasteiger partial charge < -0.3 is 14.9 Å². The lowest BCUT2D eigenvalue weighted by molar-refractivity contribution is -0.144. The minimum atomic E-state index is -1.07. The largest absolute Gasteiger partial charge is 0.479 e. The number of carboxylic acids is 2. The number of aromatic carboxylic acids is 1. The molecule has 0 bridgehead atoms. The van der Waals surface area contributed by atoms with Crippen molar-refractivity contribution in [2.24, 2.45) is 0 Å². The number of carboxylic acid groups (broad SMARTS) is 2. The summed E-state index contributed by atoms with van der Waals surface area (Å²) in [6.07, 6.45) is -0.958. The topological polar surface area (TPSA) is 83.8 Å². The summed E-state index contributed by atoms with van der Waals surface area (Å²) in [6, 6.07) is 5.55. The lowest BCUT2D eigenvalue weighted by atomic mass is 10.2. The van der Waals surface area contributed by atoms with Crippen LogP contribution < -0.4 is 4.74 Å². The standard InChI is InChI=1S/C10H10O5/c1-6(9(11)12)15-8-4-2-7(3-5-8)10(13)14/h2-6H,1H3,(H,11,12)(H,13,14). The van der Waals surface area contributed by atoms with E-state index in [2.05, 4.69) is 0 Å². The van der Waals surface area contributed by atoms with Gasteiger partial charge in [0.15, 0.2) is 6.10 Å². The highest BCUT2D eigenvalue weighted by molar-refractivity contribution is 5.87. The van der Waals surface area contributed by atoms with Crippen LogP contribution >= 0.6 is 0 Å². The van der Waals surface area contributed by atoms with E-state index in [9.17, 15) is 9.59 Å². The van der Waals surface area contributed by atoms with Crippen molar-refractivity contribution >= 4 is 11.9 Å². The van der Waals surface area contributed by atoms with Crippen molar-refractivity contribution in [3.05, 3.63) is 29.8 Å². The Morgan fingerprint density at radius 1 is 1.20 bits per heavy atom. The average Bonchev–Trinajstić information content (AvgIpc) is 2.18. The van der Waals surface area contributed by atoms with Gasteiger partial charge in [-0.05, 0) is 31.2 Å². The zero-order valence-electron chi connectivity index (χ0n) is 8.01. The highest BCUT2D eigenvalue weighted by Crippen LogP contribution is 2.13. The molecule has 0 heterocycles. The maximum Gasteiger partial charge on any atom is 0.344 e. The monoisotopic (exact) mass is 210 g/mol. The first kappa shape index (κ1) is 11.0. The molecule has 0 aliphatic rings. The molecule has 0 fully saturated rings. The van der Waals surface area contributed by atoms with E-state index < -0.39 is 18.0 Å². The third kappa shape index (κ3) is 2.98. The van der Waals surface area contributed by atoms with Crippen molar-refractivity contribution in [3.8, 4) is 5.75 Å². The SMILES string of the molecule is CC(Oc1ccc(C(=O)O)cc1)C(=O)O. The van der Waals surface area contributed by atoms with Gasteiger partial charge in [0, 0.05) is 0 Å². The first-order valence-corrected chi connectivity index (χ1v) is 4.23. The van der Waals surface area contributed by atoms with Gasteiger partial charge in [0.25, 0.3) is 0 Å². The van der Waals surface area contributed by atoms with Crippen LogP contribution in [0.15, 0.2) is 24.3 Å². The Hall–Kier alpha value is -2.04. The molecule has 0 amide bonds. The Kier molecular flexibility index (Phi) is 3.28. The molecule has 1 aromatic rings. The Labute approximate surface area is 85.9 Å². The Morgan fingerprint density at radius 2 is 1.73 bits per heavy atom. The van der Waals surface area contributed by atoms with Crippen molar-refractivity contribution < 1.29 is 24.5 Å². The summed E-state index contributed by atoms with van der Waals surface area (Å²) in [5.74, 6) is -1.78. The number of hydrogen-bond acceptors (Lipinski definition) is 3. The second-order valence-electron chi connectivity index (χ2n) is 2.93. The zero-order valence-corrected chi connectivity index (χ0v) is 8.01. The van der Waals surface area contributed by atoms with Crippen molar-refractivity contribution in [1.29, 1.82) is 0 Å². The maximum absolute atomic E-state index is 10.5. The van der Waals surface area contributed by atoms with Crippen molar-refractivity contribution in [1.82, 2.24) is 0 Å². The normalized spacial score (nSPS) is 11.8. The fourth-order valence-corrected chi connectivity index (χ4v) is 0.931. The predicted molar refractivity (Wildman–Crippen MR) is 51.1 cm³/mol. The zero-order chi connectivity index (χ0) is 11.4. The van der Waals surface area contributed by atoms with E-state index in [1.807, 2.05) is 0 Å². The predicted octanol–water partition coefficient (Wildman–Crippen LogP) is 1.24. The summed E-state index contributed by atoms with van der Waals surface area (Å²) >= 11 is 0. The van der Waals surface area contributed by atoms with Gasteiger partial charge in [-0.15, -0.1) is 0 Å². The van der Waals surface area contributed by atoms with Crippen LogP contribution in [0.1, 0.15) is 17.3 Å². The van der Waals surface area contributed by atoms with Gasteiger partial charge in [-0.1, -0.05) is 0 Å². The molecule has 2 N–H and O–H groups in total. The summed E-state index contributed by atoms with van der Waals surface area (Å²) in [7, 11) is 0. The molecule has 1 rings (SSSR count). The molecule has 0 radical (unpaired) electrons. The first-order chi connectivity index (χ1) is 7.00. The third-order valence-corrected chi connectivity index (χ3v) is 1.76. The second kappa shape index (κ2) is 4.45. The van der Waals surface area contributed by atoms with Gasteiger partial charge >= 0.3 is 11.9 Å². The fraction of sp³-hybridized carbons (Fsp3) is 0.200. The first-order valence-electron chi connectivity index (χ1n) is 4.23. The summed E-state index contributed by atoms with van der Waals surface area (Å²) < 4.78 is 5.02. The molecule has 80 valence electrons. The minimum absolute atomic E-state index is 0.130. The molecule has 15 heavy (non-hydrogen) atoms. The molecule has 5 nitrogen and oxygen atoms in total. The molecular formula is C10H10O5. The lowest BCUT2D eigenvalue weighted by Crippen LogP contribution is -2.22. The number of carbonyl (C=O) groups is 2. The van der Waals surface area contributed by atoms with E-state index in [1.54, 1.807) is 0 Å². The van der Waals surface area contributed by atoms with Gasteiger partial charge in [-0.3, -0.25) is 0 Å². The quantitative estimate of drug-likeness (QED) is 0.780. The minimum Gasteiger partial charge on any atom is -0.479 e. The van der Waals surface area contributed by atoms with Crippen LogP contribution in [0.3, 0.4) is 0 Å². The highest BCUT2D eigenvalue weighted by Gasteiger charge is 2.12. The van der Waals surface area contributed by atoms with Crippen molar-refractivity contribution in [2.45, 2.75) is 13.0 Å². The van der Waals surface area contributed by atoms with Gasteiger partial charge in [-0.25, -0.2) is 9.59 Å². The van der Waals surface area contributed by atoms with E-state index in [4.69, 9.17) is 14.9 Å². The summed E-state index contributed by atoms with van der Waals surface area (Å²) in [4.78, 5) is 21.0. The van der Waals surface area contributed by atoms with Gasteiger partial charge in [0.05, 0.1) is 5.56 Å². The Bertz CT molecular complexity index is 368. The van der Waals surface area contributed by atoms with Gasteiger partial charge in [-0.2, -0.15) is 0 Å². The van der Waals surface area contributed by atoms with E-state index in [1.165, 1.54) is 31.2 Å². The van der Waals surface area contributed by atoms with Crippen LogP contribution in [-0.2, 0) is 4.79 Å². The second-order valence-corrected chi connectivity index (χ2v) is 2.93. The number of rotatable bonds is 4. The van der Waals surface area contributed by atoms with Crippen molar-refractivity contribution in [2.75, 3.05) is 0 Å². The molecule has 0 aliphatic heterocycles. The number of ether oxygens (including phenoxy) is 1. The summed E-state index contributed by atoms with van der Waals surface area (Å²) in [6.45, 7) is 1.40. The number of benzene rings is 1. The molecule has 0 aliphatic carbocycles. The van der Waals surface area contributed by atoms with Crippen LogP contribution in [0.5, 0.6) is 5.75 Å².